The summed E-state index contributed by atoms with van der Waals surface area (Å²) in [6.45, 7) is 5.32. The molecule has 0 aliphatic carbocycles. The van der Waals surface area contributed by atoms with Gasteiger partial charge in [-0.25, -0.2) is 0 Å². The molecule has 0 bridgehead atoms. The number of carbonyl (C=O) groups is 3. The Morgan fingerprint density at radius 3 is 1.69 bits per heavy atom. The fourth-order valence-corrected chi connectivity index (χ4v) is 0.911. The molecule has 0 aliphatic heterocycles. The smallest absolute Gasteiger partial charge is 0.305 e. The highest BCUT2D eigenvalue weighted by molar-refractivity contribution is 5.68. The third-order valence-electron chi connectivity index (χ3n) is 1.58. The molecule has 0 spiro atoms. The van der Waals surface area contributed by atoms with Gasteiger partial charge in [-0.05, 0) is 0 Å². The van der Waals surface area contributed by atoms with Gasteiger partial charge in [0, 0.05) is 20.8 Å². The second kappa shape index (κ2) is 6.81. The zero-order valence-corrected chi connectivity index (χ0v) is 9.81. The third-order valence-corrected chi connectivity index (χ3v) is 1.58. The fourth-order valence-electron chi connectivity index (χ4n) is 0.911. The minimum absolute atomic E-state index is 0.0144. The highest BCUT2D eigenvalue weighted by Gasteiger charge is 2.24. The average molecular weight is 232 g/mol. The molecule has 1 unspecified atom stereocenters. The van der Waals surface area contributed by atoms with E-state index in [4.69, 9.17) is 14.2 Å². The summed E-state index contributed by atoms with van der Waals surface area (Å²) in [6.07, 6.45) is -1.03. The van der Waals surface area contributed by atoms with Crippen molar-refractivity contribution in [3.63, 3.8) is 0 Å². The number of rotatable bonds is 5. The average Bonchev–Trinajstić information content (AvgIpc) is 2.11. The molecule has 0 aromatic heterocycles. The lowest BCUT2D eigenvalue weighted by Crippen LogP contribution is -2.32. The molecule has 0 N–H and O–H groups in total. The predicted molar refractivity (Wildman–Crippen MR) is 53.1 cm³/mol. The van der Waals surface area contributed by atoms with Gasteiger partial charge in [-0.1, -0.05) is 6.92 Å². The van der Waals surface area contributed by atoms with Crippen LogP contribution in [0.15, 0.2) is 0 Å². The molecule has 0 aromatic rings. The van der Waals surface area contributed by atoms with E-state index in [-0.39, 0.29) is 6.61 Å². The van der Waals surface area contributed by atoms with Crippen molar-refractivity contribution in [2.24, 2.45) is 5.92 Å². The molecule has 0 heterocycles. The molecular weight excluding hydrogens is 216 g/mol. The predicted octanol–water partition coefficient (Wildman–Crippen LogP) is 0.638. The molecule has 0 rings (SSSR count). The van der Waals surface area contributed by atoms with Gasteiger partial charge in [-0.15, -0.1) is 0 Å². The summed E-state index contributed by atoms with van der Waals surface area (Å²) in [5.41, 5.74) is 0. The SMILES string of the molecule is CC(=O)OCC(C)C(OC(C)=O)OC(C)=O. The molecule has 92 valence electrons. The van der Waals surface area contributed by atoms with Gasteiger partial charge in [0.2, 0.25) is 0 Å². The Morgan fingerprint density at radius 1 is 0.938 bits per heavy atom. The Morgan fingerprint density at radius 2 is 1.38 bits per heavy atom. The Balaban J connectivity index is 4.30. The van der Waals surface area contributed by atoms with Gasteiger partial charge >= 0.3 is 17.9 Å². The molecule has 1 atom stereocenters. The molecule has 16 heavy (non-hydrogen) atoms. The van der Waals surface area contributed by atoms with Crippen molar-refractivity contribution < 1.29 is 28.6 Å². The first-order valence-corrected chi connectivity index (χ1v) is 4.80. The van der Waals surface area contributed by atoms with Crippen LogP contribution in [-0.2, 0) is 28.6 Å². The van der Waals surface area contributed by atoms with Crippen LogP contribution in [0.1, 0.15) is 27.7 Å². The maximum Gasteiger partial charge on any atom is 0.305 e. The van der Waals surface area contributed by atoms with Crippen LogP contribution < -0.4 is 0 Å². The molecule has 6 nitrogen and oxygen atoms in total. The largest absolute Gasteiger partial charge is 0.465 e. The molecule has 6 heteroatoms. The summed E-state index contributed by atoms with van der Waals surface area (Å²) in [4.78, 5) is 32.1. The van der Waals surface area contributed by atoms with Crippen LogP contribution in [-0.4, -0.2) is 30.8 Å². The summed E-state index contributed by atoms with van der Waals surface area (Å²) in [7, 11) is 0. The normalized spacial score (nSPS) is 11.8. The summed E-state index contributed by atoms with van der Waals surface area (Å²) in [6, 6.07) is 0. The van der Waals surface area contributed by atoms with Crippen molar-refractivity contribution in [2.45, 2.75) is 34.0 Å². The van der Waals surface area contributed by atoms with E-state index < -0.39 is 30.1 Å². The second-order valence-electron chi connectivity index (χ2n) is 3.37. The van der Waals surface area contributed by atoms with Crippen LogP contribution >= 0.6 is 0 Å². The third kappa shape index (κ3) is 6.80. The molecule has 0 saturated carbocycles. The quantitative estimate of drug-likeness (QED) is 0.511. The highest BCUT2D eigenvalue weighted by Crippen LogP contribution is 2.11. The lowest BCUT2D eigenvalue weighted by Gasteiger charge is -2.22. The van der Waals surface area contributed by atoms with Crippen LogP contribution in [0, 0.1) is 5.92 Å². The maximum absolute atomic E-state index is 10.8. The van der Waals surface area contributed by atoms with E-state index in [2.05, 4.69) is 0 Å². The van der Waals surface area contributed by atoms with Crippen LogP contribution in [0.4, 0.5) is 0 Å². The van der Waals surface area contributed by atoms with E-state index in [1.54, 1.807) is 6.92 Å². The van der Waals surface area contributed by atoms with Crippen LogP contribution in [0.2, 0.25) is 0 Å². The Bertz CT molecular complexity index is 256. The van der Waals surface area contributed by atoms with Crippen molar-refractivity contribution in [3.8, 4) is 0 Å². The lowest BCUT2D eigenvalue weighted by atomic mass is 10.2. The molecule has 0 radical (unpaired) electrons. The minimum Gasteiger partial charge on any atom is -0.465 e. The van der Waals surface area contributed by atoms with Gasteiger partial charge in [0.1, 0.15) is 6.61 Å². The Kier molecular flexibility index (Phi) is 6.14. The van der Waals surface area contributed by atoms with Crippen LogP contribution in [0.5, 0.6) is 0 Å². The van der Waals surface area contributed by atoms with Crippen LogP contribution in [0.3, 0.4) is 0 Å². The second-order valence-corrected chi connectivity index (χ2v) is 3.37. The van der Waals surface area contributed by atoms with Crippen molar-refractivity contribution in [3.05, 3.63) is 0 Å². The monoisotopic (exact) mass is 232 g/mol. The van der Waals surface area contributed by atoms with E-state index >= 15 is 0 Å². The Hall–Kier alpha value is -1.59. The molecule has 0 saturated heterocycles. The summed E-state index contributed by atoms with van der Waals surface area (Å²) in [5, 5.41) is 0. The summed E-state index contributed by atoms with van der Waals surface area (Å²) in [5.74, 6) is -2.00. The first kappa shape index (κ1) is 14.4. The van der Waals surface area contributed by atoms with E-state index in [0.717, 1.165) is 0 Å². The molecule has 0 aliphatic rings. The first-order chi connectivity index (χ1) is 7.32. The van der Waals surface area contributed by atoms with Crippen molar-refractivity contribution in [1.82, 2.24) is 0 Å². The van der Waals surface area contributed by atoms with Gasteiger partial charge in [0.05, 0.1) is 5.92 Å². The van der Waals surface area contributed by atoms with Crippen molar-refractivity contribution in [1.29, 1.82) is 0 Å². The molecule has 0 amide bonds. The summed E-state index contributed by atoms with van der Waals surface area (Å²) < 4.78 is 14.3. The van der Waals surface area contributed by atoms with Crippen molar-refractivity contribution >= 4 is 17.9 Å². The number of carbonyl (C=O) groups excluding carboxylic acids is 3. The topological polar surface area (TPSA) is 78.9 Å². The van der Waals surface area contributed by atoms with Gasteiger partial charge in [0.25, 0.3) is 6.29 Å². The number of esters is 3. The lowest BCUT2D eigenvalue weighted by molar-refractivity contribution is -0.197. The van der Waals surface area contributed by atoms with E-state index in [1.807, 2.05) is 0 Å². The minimum atomic E-state index is -1.03. The molecule has 0 fully saturated rings. The highest BCUT2D eigenvalue weighted by atomic mass is 16.7. The maximum atomic E-state index is 10.8. The number of ether oxygens (including phenoxy) is 3. The zero-order valence-electron chi connectivity index (χ0n) is 9.81. The van der Waals surface area contributed by atoms with Gasteiger partial charge < -0.3 is 14.2 Å². The Labute approximate surface area is 93.8 Å². The van der Waals surface area contributed by atoms with Gasteiger partial charge in [-0.3, -0.25) is 14.4 Å². The first-order valence-electron chi connectivity index (χ1n) is 4.80. The van der Waals surface area contributed by atoms with Gasteiger partial charge in [-0.2, -0.15) is 0 Å². The fraction of sp³-hybridized carbons (Fsp3) is 0.700. The van der Waals surface area contributed by atoms with E-state index in [9.17, 15) is 14.4 Å². The standard InChI is InChI=1S/C10H16O6/c1-6(5-14-7(2)11)10(15-8(3)12)16-9(4)13/h6,10H,5H2,1-4H3. The molecular formula is C10H16O6. The number of hydrogen-bond acceptors (Lipinski definition) is 6. The van der Waals surface area contributed by atoms with Gasteiger partial charge in [0.15, 0.2) is 0 Å². The number of hydrogen-bond donors (Lipinski definition) is 0. The molecule has 0 aromatic carbocycles. The zero-order chi connectivity index (χ0) is 12.7. The van der Waals surface area contributed by atoms with E-state index in [1.165, 1.54) is 20.8 Å². The summed E-state index contributed by atoms with van der Waals surface area (Å²) >= 11 is 0. The van der Waals surface area contributed by atoms with E-state index in [0.29, 0.717) is 0 Å². The van der Waals surface area contributed by atoms with Crippen molar-refractivity contribution in [2.75, 3.05) is 6.61 Å². The van der Waals surface area contributed by atoms with Crippen LogP contribution in [0.25, 0.3) is 0 Å².